The van der Waals surface area contributed by atoms with Gasteiger partial charge in [-0.3, -0.25) is 4.98 Å². The van der Waals surface area contributed by atoms with Crippen molar-refractivity contribution < 1.29 is 14.2 Å². The van der Waals surface area contributed by atoms with Crippen LogP contribution in [0.25, 0.3) is 0 Å². The van der Waals surface area contributed by atoms with Crippen LogP contribution in [0.1, 0.15) is 18.9 Å². The first kappa shape index (κ1) is 17.7. The first-order valence-electron chi connectivity index (χ1n) is 7.57. The highest BCUT2D eigenvalue weighted by Crippen LogP contribution is 2.09. The van der Waals surface area contributed by atoms with E-state index in [-0.39, 0.29) is 6.10 Å². The van der Waals surface area contributed by atoms with Crippen LogP contribution in [0.3, 0.4) is 0 Å². The molecule has 0 N–H and O–H groups in total. The van der Waals surface area contributed by atoms with E-state index in [1.807, 2.05) is 25.1 Å². The largest absolute Gasteiger partial charge is 0.474 e. The molecule has 0 spiro atoms. The van der Waals surface area contributed by atoms with E-state index in [0.717, 1.165) is 6.42 Å². The molecular formula is C17H21ClN2O3. The van der Waals surface area contributed by atoms with Gasteiger partial charge in [0.25, 0.3) is 0 Å². The second-order valence-corrected chi connectivity index (χ2v) is 5.42. The number of nitrogens with zero attached hydrogens (tertiary/aromatic N) is 2. The van der Waals surface area contributed by atoms with Gasteiger partial charge in [0, 0.05) is 6.61 Å². The van der Waals surface area contributed by atoms with Gasteiger partial charge in [0.05, 0.1) is 31.7 Å². The fourth-order valence-electron chi connectivity index (χ4n) is 1.85. The maximum absolute atomic E-state index is 5.77. The van der Waals surface area contributed by atoms with Crippen LogP contribution in [0.5, 0.6) is 5.88 Å². The summed E-state index contributed by atoms with van der Waals surface area (Å²) in [6, 6.07) is 10.1. The Bertz CT molecular complexity index is 569. The standard InChI is InChI=1S/C17H21ClN2O3/c1-14(23-13-15-5-3-2-4-6-15)7-8-21-9-10-22-17-12-19-11-16(18)20-17/h2-6,11-12,14H,7-10,13H2,1H3/t14-/m0/s1. The van der Waals surface area contributed by atoms with Gasteiger partial charge in [-0.25, -0.2) is 0 Å². The van der Waals surface area contributed by atoms with Crippen molar-refractivity contribution in [3.63, 3.8) is 0 Å². The van der Waals surface area contributed by atoms with Crippen molar-refractivity contribution in [1.29, 1.82) is 0 Å². The van der Waals surface area contributed by atoms with Crippen molar-refractivity contribution in [1.82, 2.24) is 9.97 Å². The van der Waals surface area contributed by atoms with Crippen LogP contribution in [0.4, 0.5) is 0 Å². The Hall–Kier alpha value is -1.69. The Morgan fingerprint density at radius 1 is 1.09 bits per heavy atom. The summed E-state index contributed by atoms with van der Waals surface area (Å²) in [6.45, 7) is 4.19. The van der Waals surface area contributed by atoms with Gasteiger partial charge in [-0.2, -0.15) is 4.98 Å². The zero-order valence-corrected chi connectivity index (χ0v) is 13.9. The molecule has 5 nitrogen and oxygen atoms in total. The molecule has 1 heterocycles. The van der Waals surface area contributed by atoms with E-state index < -0.39 is 0 Å². The van der Waals surface area contributed by atoms with E-state index >= 15 is 0 Å². The van der Waals surface area contributed by atoms with Crippen molar-refractivity contribution >= 4 is 11.6 Å². The maximum Gasteiger partial charge on any atom is 0.233 e. The first-order valence-corrected chi connectivity index (χ1v) is 7.95. The number of halogens is 1. The third kappa shape index (κ3) is 7.41. The Labute approximate surface area is 141 Å². The monoisotopic (exact) mass is 336 g/mol. The Morgan fingerprint density at radius 2 is 1.91 bits per heavy atom. The highest BCUT2D eigenvalue weighted by atomic mass is 35.5. The average molecular weight is 337 g/mol. The van der Waals surface area contributed by atoms with Gasteiger partial charge in [0.2, 0.25) is 5.88 Å². The van der Waals surface area contributed by atoms with Crippen LogP contribution in [0.2, 0.25) is 5.15 Å². The minimum absolute atomic E-state index is 0.148. The summed E-state index contributed by atoms with van der Waals surface area (Å²) in [7, 11) is 0. The third-order valence-electron chi connectivity index (χ3n) is 3.11. The topological polar surface area (TPSA) is 53.5 Å². The predicted molar refractivity (Wildman–Crippen MR) is 88.7 cm³/mol. The zero-order valence-electron chi connectivity index (χ0n) is 13.2. The number of hydrogen-bond donors (Lipinski definition) is 0. The molecule has 0 amide bonds. The van der Waals surface area contributed by atoms with E-state index in [4.69, 9.17) is 25.8 Å². The molecule has 0 bridgehead atoms. The molecule has 0 saturated carbocycles. The lowest BCUT2D eigenvalue weighted by molar-refractivity contribution is 0.0174. The van der Waals surface area contributed by atoms with E-state index in [2.05, 4.69) is 22.1 Å². The zero-order chi connectivity index (χ0) is 16.3. The molecule has 0 unspecified atom stereocenters. The Kier molecular flexibility index (Phi) is 7.80. The quantitative estimate of drug-likeness (QED) is 0.621. The minimum Gasteiger partial charge on any atom is -0.474 e. The third-order valence-corrected chi connectivity index (χ3v) is 3.29. The van der Waals surface area contributed by atoms with E-state index in [0.29, 0.717) is 37.5 Å². The number of ether oxygens (including phenoxy) is 3. The van der Waals surface area contributed by atoms with Crippen molar-refractivity contribution in [2.75, 3.05) is 19.8 Å². The number of hydrogen-bond acceptors (Lipinski definition) is 5. The summed E-state index contributed by atoms with van der Waals surface area (Å²) in [6.07, 6.45) is 3.96. The molecule has 0 radical (unpaired) electrons. The van der Waals surface area contributed by atoms with Crippen molar-refractivity contribution in [3.8, 4) is 5.88 Å². The molecule has 0 aliphatic heterocycles. The van der Waals surface area contributed by atoms with Gasteiger partial charge in [0.1, 0.15) is 6.61 Å². The minimum atomic E-state index is 0.148. The van der Waals surface area contributed by atoms with Crippen molar-refractivity contribution in [3.05, 3.63) is 53.4 Å². The predicted octanol–water partition coefficient (Wildman–Crippen LogP) is 3.52. The fourth-order valence-corrected chi connectivity index (χ4v) is 1.99. The van der Waals surface area contributed by atoms with Crippen LogP contribution in [0, 0.1) is 0 Å². The van der Waals surface area contributed by atoms with Gasteiger partial charge in [-0.05, 0) is 18.9 Å². The smallest absolute Gasteiger partial charge is 0.233 e. The summed E-state index contributed by atoms with van der Waals surface area (Å²) >= 11 is 5.72. The highest BCUT2D eigenvalue weighted by molar-refractivity contribution is 6.29. The molecule has 1 atom stereocenters. The van der Waals surface area contributed by atoms with Gasteiger partial charge >= 0.3 is 0 Å². The van der Waals surface area contributed by atoms with Crippen LogP contribution in [-0.2, 0) is 16.1 Å². The van der Waals surface area contributed by atoms with Gasteiger partial charge in [-0.15, -0.1) is 0 Å². The summed E-state index contributed by atoms with van der Waals surface area (Å²) in [5.74, 6) is 0.403. The second-order valence-electron chi connectivity index (χ2n) is 5.04. The molecule has 124 valence electrons. The summed E-state index contributed by atoms with van der Waals surface area (Å²) in [5.41, 5.74) is 1.18. The number of aromatic nitrogens is 2. The molecular weight excluding hydrogens is 316 g/mol. The molecule has 1 aromatic heterocycles. The lowest BCUT2D eigenvalue weighted by atomic mass is 10.2. The molecule has 1 aromatic carbocycles. The summed E-state index contributed by atoms with van der Waals surface area (Å²) in [4.78, 5) is 7.87. The normalized spacial score (nSPS) is 12.1. The number of rotatable bonds is 10. The van der Waals surface area contributed by atoms with Crippen LogP contribution >= 0.6 is 11.6 Å². The SMILES string of the molecule is C[C@@H](CCOCCOc1cncc(Cl)n1)OCc1ccccc1. The van der Waals surface area contributed by atoms with Crippen molar-refractivity contribution in [2.45, 2.75) is 26.1 Å². The summed E-state index contributed by atoms with van der Waals surface area (Å²) in [5, 5.41) is 0.313. The lowest BCUT2D eigenvalue weighted by Gasteiger charge is -2.13. The van der Waals surface area contributed by atoms with Crippen LogP contribution in [-0.4, -0.2) is 35.9 Å². The van der Waals surface area contributed by atoms with Crippen LogP contribution < -0.4 is 4.74 Å². The van der Waals surface area contributed by atoms with Crippen molar-refractivity contribution in [2.24, 2.45) is 0 Å². The van der Waals surface area contributed by atoms with Crippen LogP contribution in [0.15, 0.2) is 42.7 Å². The molecule has 2 aromatic rings. The van der Waals surface area contributed by atoms with Gasteiger partial charge in [-0.1, -0.05) is 41.9 Å². The molecule has 0 aliphatic rings. The van der Waals surface area contributed by atoms with Gasteiger partial charge in [0.15, 0.2) is 5.15 Å². The molecule has 0 saturated heterocycles. The van der Waals surface area contributed by atoms with Gasteiger partial charge < -0.3 is 14.2 Å². The molecule has 23 heavy (non-hydrogen) atoms. The average Bonchev–Trinajstić information content (AvgIpc) is 2.57. The van der Waals surface area contributed by atoms with E-state index in [1.54, 1.807) is 0 Å². The Morgan fingerprint density at radius 3 is 2.70 bits per heavy atom. The van der Waals surface area contributed by atoms with E-state index in [9.17, 15) is 0 Å². The highest BCUT2D eigenvalue weighted by Gasteiger charge is 2.03. The van der Waals surface area contributed by atoms with E-state index in [1.165, 1.54) is 18.0 Å². The number of benzene rings is 1. The molecule has 6 heteroatoms. The Balaban J connectivity index is 1.50. The molecule has 2 rings (SSSR count). The lowest BCUT2D eigenvalue weighted by Crippen LogP contribution is -2.14. The molecule has 0 aliphatic carbocycles. The fraction of sp³-hybridized carbons (Fsp3) is 0.412. The summed E-state index contributed by atoms with van der Waals surface area (Å²) < 4.78 is 16.7. The maximum atomic E-state index is 5.77. The first-order chi connectivity index (χ1) is 11.2. The molecule has 0 fully saturated rings. The second kappa shape index (κ2) is 10.2.